The highest BCUT2D eigenvalue weighted by atomic mass is 32.1. The monoisotopic (exact) mass is 277 g/mol. The molecule has 1 atom stereocenters. The van der Waals surface area contributed by atoms with Gasteiger partial charge in [-0.25, -0.2) is 4.98 Å². The third-order valence-electron chi connectivity index (χ3n) is 3.32. The van der Waals surface area contributed by atoms with Gasteiger partial charge >= 0.3 is 0 Å². The van der Waals surface area contributed by atoms with Crippen molar-refractivity contribution in [1.29, 1.82) is 0 Å². The highest BCUT2D eigenvalue weighted by Crippen LogP contribution is 2.24. The fourth-order valence-corrected chi connectivity index (χ4v) is 2.53. The molecule has 1 aromatic heterocycles. The summed E-state index contributed by atoms with van der Waals surface area (Å²) in [6, 6.07) is 10.1. The Labute approximate surface area is 117 Å². The minimum absolute atomic E-state index is 0.512. The molecule has 0 spiro atoms. The Morgan fingerprint density at radius 2 is 2.00 bits per heavy atom. The van der Waals surface area contributed by atoms with Crippen molar-refractivity contribution in [3.63, 3.8) is 0 Å². The first-order valence-electron chi connectivity index (χ1n) is 6.26. The predicted octanol–water partition coefficient (Wildman–Crippen LogP) is 3.14. The van der Waals surface area contributed by atoms with Gasteiger partial charge in [0.15, 0.2) is 0 Å². The number of aliphatic hydroxyl groups is 1. The number of benzene rings is 1. The van der Waals surface area contributed by atoms with E-state index in [9.17, 15) is 5.11 Å². The standard InChI is InChI=1S/C15H19NO2S/c1-15(2,18-3)13(17)9-14-16-12(10-19-14)11-7-5-4-6-8-11/h4-8,10,13,17H,9H2,1-3H3. The molecule has 1 heterocycles. The van der Waals surface area contributed by atoms with Crippen molar-refractivity contribution in [3.05, 3.63) is 40.7 Å². The van der Waals surface area contributed by atoms with Crippen LogP contribution in [0.3, 0.4) is 0 Å². The summed E-state index contributed by atoms with van der Waals surface area (Å²) < 4.78 is 5.29. The van der Waals surface area contributed by atoms with Crippen LogP contribution in [0.2, 0.25) is 0 Å². The van der Waals surface area contributed by atoms with E-state index in [-0.39, 0.29) is 0 Å². The van der Waals surface area contributed by atoms with Crippen LogP contribution in [0.4, 0.5) is 0 Å². The van der Waals surface area contributed by atoms with Crippen LogP contribution in [-0.4, -0.2) is 28.9 Å². The van der Waals surface area contributed by atoms with Gasteiger partial charge in [-0.2, -0.15) is 0 Å². The van der Waals surface area contributed by atoms with E-state index in [4.69, 9.17) is 4.74 Å². The number of ether oxygens (including phenoxy) is 1. The quantitative estimate of drug-likeness (QED) is 0.913. The van der Waals surface area contributed by atoms with E-state index >= 15 is 0 Å². The lowest BCUT2D eigenvalue weighted by Crippen LogP contribution is -2.39. The topological polar surface area (TPSA) is 42.4 Å². The molecule has 0 saturated carbocycles. The molecule has 3 nitrogen and oxygen atoms in total. The molecule has 0 aliphatic rings. The first-order chi connectivity index (χ1) is 9.03. The van der Waals surface area contributed by atoms with Crippen molar-refractivity contribution < 1.29 is 9.84 Å². The molecule has 19 heavy (non-hydrogen) atoms. The van der Waals surface area contributed by atoms with Crippen LogP contribution >= 0.6 is 11.3 Å². The number of aromatic nitrogens is 1. The van der Waals surface area contributed by atoms with E-state index in [1.54, 1.807) is 18.4 Å². The summed E-state index contributed by atoms with van der Waals surface area (Å²) in [6.45, 7) is 3.76. The van der Waals surface area contributed by atoms with Gasteiger partial charge in [0.2, 0.25) is 0 Å². The Morgan fingerprint density at radius 1 is 1.32 bits per heavy atom. The van der Waals surface area contributed by atoms with E-state index in [1.165, 1.54) is 0 Å². The second kappa shape index (κ2) is 5.82. The van der Waals surface area contributed by atoms with Crippen molar-refractivity contribution in [2.24, 2.45) is 0 Å². The van der Waals surface area contributed by atoms with Crippen LogP contribution in [0, 0.1) is 0 Å². The number of hydrogen-bond acceptors (Lipinski definition) is 4. The van der Waals surface area contributed by atoms with Gasteiger partial charge in [-0.3, -0.25) is 0 Å². The van der Waals surface area contributed by atoms with E-state index < -0.39 is 11.7 Å². The maximum absolute atomic E-state index is 10.2. The molecule has 2 rings (SSSR count). The highest BCUT2D eigenvalue weighted by molar-refractivity contribution is 7.09. The van der Waals surface area contributed by atoms with Gasteiger partial charge < -0.3 is 9.84 Å². The number of hydrogen-bond donors (Lipinski definition) is 1. The zero-order valence-corrected chi connectivity index (χ0v) is 12.3. The van der Waals surface area contributed by atoms with Crippen molar-refractivity contribution in [2.75, 3.05) is 7.11 Å². The Bertz CT molecular complexity index is 522. The maximum atomic E-state index is 10.2. The van der Waals surface area contributed by atoms with Gasteiger partial charge in [-0.05, 0) is 13.8 Å². The zero-order chi connectivity index (χ0) is 13.9. The second-order valence-electron chi connectivity index (χ2n) is 5.02. The highest BCUT2D eigenvalue weighted by Gasteiger charge is 2.28. The van der Waals surface area contributed by atoms with Gasteiger partial charge in [0.05, 0.1) is 22.4 Å². The Morgan fingerprint density at radius 3 is 2.63 bits per heavy atom. The van der Waals surface area contributed by atoms with E-state index in [0.717, 1.165) is 16.3 Å². The SMILES string of the molecule is COC(C)(C)C(O)Cc1nc(-c2ccccc2)cs1. The number of rotatable bonds is 5. The lowest BCUT2D eigenvalue weighted by atomic mass is 9.99. The lowest BCUT2D eigenvalue weighted by Gasteiger charge is -2.28. The van der Waals surface area contributed by atoms with Gasteiger partial charge in [-0.1, -0.05) is 30.3 Å². The average Bonchev–Trinajstić information content (AvgIpc) is 2.88. The van der Waals surface area contributed by atoms with Gasteiger partial charge in [0.1, 0.15) is 0 Å². The smallest absolute Gasteiger partial charge is 0.0959 e. The largest absolute Gasteiger partial charge is 0.390 e. The molecule has 1 N–H and O–H groups in total. The summed E-state index contributed by atoms with van der Waals surface area (Å²) in [4.78, 5) is 4.57. The molecule has 2 aromatic rings. The first-order valence-corrected chi connectivity index (χ1v) is 7.14. The van der Waals surface area contributed by atoms with Gasteiger partial charge in [0, 0.05) is 24.5 Å². The number of aliphatic hydroxyl groups excluding tert-OH is 1. The minimum atomic E-state index is -0.563. The van der Waals surface area contributed by atoms with Crippen LogP contribution in [-0.2, 0) is 11.2 Å². The maximum Gasteiger partial charge on any atom is 0.0959 e. The average molecular weight is 277 g/mol. The molecule has 0 radical (unpaired) electrons. The molecule has 0 aliphatic heterocycles. The predicted molar refractivity (Wildman–Crippen MR) is 78.3 cm³/mol. The minimum Gasteiger partial charge on any atom is -0.390 e. The van der Waals surface area contributed by atoms with E-state index in [1.807, 2.05) is 49.6 Å². The summed E-state index contributed by atoms with van der Waals surface area (Å²) in [6.07, 6.45) is -0.0505. The van der Waals surface area contributed by atoms with Crippen LogP contribution in [0.5, 0.6) is 0 Å². The summed E-state index contributed by atoms with van der Waals surface area (Å²) in [5.74, 6) is 0. The van der Waals surface area contributed by atoms with Crippen molar-refractivity contribution in [1.82, 2.24) is 4.98 Å². The summed E-state index contributed by atoms with van der Waals surface area (Å²) in [5.41, 5.74) is 1.51. The zero-order valence-electron chi connectivity index (χ0n) is 11.5. The molecule has 0 aliphatic carbocycles. The molecule has 0 saturated heterocycles. The summed E-state index contributed by atoms with van der Waals surface area (Å²) in [7, 11) is 1.61. The molecular formula is C15H19NO2S. The molecule has 0 bridgehead atoms. The van der Waals surface area contributed by atoms with Gasteiger partial charge in [-0.15, -0.1) is 11.3 Å². The first kappa shape index (κ1) is 14.2. The molecule has 1 unspecified atom stereocenters. The Kier molecular flexibility index (Phi) is 4.34. The molecular weight excluding hydrogens is 258 g/mol. The van der Waals surface area contributed by atoms with Crippen LogP contribution in [0.25, 0.3) is 11.3 Å². The van der Waals surface area contributed by atoms with Crippen molar-refractivity contribution in [2.45, 2.75) is 32.0 Å². The number of nitrogens with zero attached hydrogens (tertiary/aromatic N) is 1. The fourth-order valence-electron chi connectivity index (χ4n) is 1.69. The Balaban J connectivity index is 2.10. The number of thiazole rings is 1. The van der Waals surface area contributed by atoms with Gasteiger partial charge in [0.25, 0.3) is 0 Å². The summed E-state index contributed by atoms with van der Waals surface area (Å²) >= 11 is 1.57. The van der Waals surface area contributed by atoms with Crippen LogP contribution in [0.1, 0.15) is 18.9 Å². The van der Waals surface area contributed by atoms with E-state index in [2.05, 4.69) is 4.98 Å². The molecule has 1 aromatic carbocycles. The molecule has 4 heteroatoms. The Hall–Kier alpha value is -1.23. The second-order valence-corrected chi connectivity index (χ2v) is 5.96. The fraction of sp³-hybridized carbons (Fsp3) is 0.400. The van der Waals surface area contributed by atoms with E-state index in [0.29, 0.717) is 6.42 Å². The summed E-state index contributed by atoms with van der Waals surface area (Å²) in [5, 5.41) is 13.1. The number of methoxy groups -OCH3 is 1. The van der Waals surface area contributed by atoms with Crippen LogP contribution < -0.4 is 0 Å². The molecule has 0 fully saturated rings. The normalized spacial score (nSPS) is 13.5. The third kappa shape index (κ3) is 3.41. The van der Waals surface area contributed by atoms with Crippen LogP contribution in [0.15, 0.2) is 35.7 Å². The molecule has 102 valence electrons. The lowest BCUT2D eigenvalue weighted by molar-refractivity contribution is -0.0764. The van der Waals surface area contributed by atoms with Crippen molar-refractivity contribution in [3.8, 4) is 11.3 Å². The third-order valence-corrected chi connectivity index (χ3v) is 4.19. The molecule has 0 amide bonds. The van der Waals surface area contributed by atoms with Crippen molar-refractivity contribution >= 4 is 11.3 Å².